The van der Waals surface area contributed by atoms with Gasteiger partial charge >= 0.3 is 0 Å². The lowest BCUT2D eigenvalue weighted by atomic mass is 9.61. The third-order valence-electron chi connectivity index (χ3n) is 1.76. The monoisotopic (exact) mass is 111 g/mol. The van der Waals surface area contributed by atoms with Crippen LogP contribution in [-0.4, -0.2) is 7.28 Å². The highest BCUT2D eigenvalue weighted by molar-refractivity contribution is 6.35. The highest BCUT2D eigenvalue weighted by Gasteiger charge is 2.07. The molecule has 0 fully saturated rings. The molecule has 0 amide bonds. The molecule has 0 aliphatic rings. The molecule has 0 aliphatic heterocycles. The van der Waals surface area contributed by atoms with E-state index in [-0.39, 0.29) is 0 Å². The third kappa shape index (κ3) is 2.39. The van der Waals surface area contributed by atoms with Gasteiger partial charge in [-0.25, -0.2) is 0 Å². The molecular formula is C7H16B. The van der Waals surface area contributed by atoms with Gasteiger partial charge in [0.25, 0.3) is 0 Å². The Morgan fingerprint density at radius 3 is 1.88 bits per heavy atom. The minimum atomic E-state index is 0.824. The first-order valence-electron chi connectivity index (χ1n) is 3.51. The molecule has 0 nitrogen and oxygen atoms in total. The molecular weight excluding hydrogens is 94.9 g/mol. The van der Waals surface area contributed by atoms with Gasteiger partial charge in [-0.05, 0) is 0 Å². The van der Waals surface area contributed by atoms with Crippen LogP contribution in [0, 0.1) is 5.92 Å². The van der Waals surface area contributed by atoms with Gasteiger partial charge in [0.15, 0.2) is 0 Å². The second-order valence-corrected chi connectivity index (χ2v) is 2.65. The quantitative estimate of drug-likeness (QED) is 0.491. The molecule has 1 atom stereocenters. The number of rotatable bonds is 3. The van der Waals surface area contributed by atoms with E-state index >= 15 is 0 Å². The first kappa shape index (κ1) is 8.06. The van der Waals surface area contributed by atoms with Crippen molar-refractivity contribution >= 4 is 7.28 Å². The summed E-state index contributed by atoms with van der Waals surface area (Å²) in [5, 5.41) is 0. The summed E-state index contributed by atoms with van der Waals surface area (Å²) in [6, 6.07) is 0. The van der Waals surface area contributed by atoms with Gasteiger partial charge in [-0.1, -0.05) is 45.8 Å². The van der Waals surface area contributed by atoms with Crippen molar-refractivity contribution in [1.82, 2.24) is 0 Å². The summed E-state index contributed by atoms with van der Waals surface area (Å²) in [5.74, 6) is 1.65. The van der Waals surface area contributed by atoms with Gasteiger partial charge in [-0.2, -0.15) is 0 Å². The van der Waals surface area contributed by atoms with E-state index in [9.17, 15) is 0 Å². The Morgan fingerprint density at radius 2 is 1.88 bits per heavy atom. The van der Waals surface area contributed by atoms with Crippen LogP contribution in [0.2, 0.25) is 12.6 Å². The van der Waals surface area contributed by atoms with E-state index in [0.29, 0.717) is 0 Å². The predicted octanol–water partition coefficient (Wildman–Crippen LogP) is 2.59. The van der Waals surface area contributed by atoms with Crippen LogP contribution >= 0.6 is 0 Å². The molecule has 0 aliphatic carbocycles. The molecule has 0 spiro atoms. The molecule has 1 unspecified atom stereocenters. The molecule has 0 rings (SSSR count). The van der Waals surface area contributed by atoms with Crippen LogP contribution in [0.25, 0.3) is 0 Å². The van der Waals surface area contributed by atoms with Gasteiger partial charge in [0.2, 0.25) is 0 Å². The van der Waals surface area contributed by atoms with Gasteiger partial charge in [-0.15, -0.1) is 0 Å². The van der Waals surface area contributed by atoms with E-state index in [0.717, 1.165) is 11.7 Å². The fraction of sp³-hybridized carbons (Fsp3) is 1.00. The largest absolute Gasteiger partial charge is 0.110 e. The molecule has 0 saturated carbocycles. The van der Waals surface area contributed by atoms with Gasteiger partial charge in [0.1, 0.15) is 7.28 Å². The fourth-order valence-corrected chi connectivity index (χ4v) is 1.09. The normalized spacial score (nSPS) is 14.1. The molecule has 47 valence electrons. The molecule has 0 aromatic heterocycles. The van der Waals surface area contributed by atoms with E-state index < -0.39 is 0 Å². The summed E-state index contributed by atoms with van der Waals surface area (Å²) in [5.41, 5.74) is 0. The lowest BCUT2D eigenvalue weighted by Gasteiger charge is -2.14. The Bertz CT molecular complexity index is 46.3. The van der Waals surface area contributed by atoms with Gasteiger partial charge in [0, 0.05) is 0 Å². The van der Waals surface area contributed by atoms with E-state index in [4.69, 9.17) is 0 Å². The maximum Gasteiger partial charge on any atom is 0.110 e. The molecule has 8 heavy (non-hydrogen) atoms. The molecule has 0 saturated heterocycles. The zero-order valence-corrected chi connectivity index (χ0v) is 6.44. The third-order valence-corrected chi connectivity index (χ3v) is 1.76. The van der Waals surface area contributed by atoms with Crippen molar-refractivity contribution in [3.05, 3.63) is 0 Å². The van der Waals surface area contributed by atoms with Crippen LogP contribution in [0.1, 0.15) is 27.2 Å². The molecule has 0 bridgehead atoms. The Labute approximate surface area is 53.9 Å². The average Bonchev–Trinajstić information content (AvgIpc) is 1.69. The van der Waals surface area contributed by atoms with E-state index in [1.807, 2.05) is 0 Å². The van der Waals surface area contributed by atoms with Gasteiger partial charge in [0.05, 0.1) is 0 Å². The van der Waals surface area contributed by atoms with E-state index in [1.165, 1.54) is 6.42 Å². The minimum absolute atomic E-state index is 0.824. The first-order chi connectivity index (χ1) is 3.72. The van der Waals surface area contributed by atoms with Crippen molar-refractivity contribution < 1.29 is 0 Å². The second kappa shape index (κ2) is 4.00. The SMILES string of the molecule is C[B]C(CC)C(C)C. The maximum absolute atomic E-state index is 2.30. The average molecular weight is 111 g/mol. The molecule has 0 aromatic carbocycles. The van der Waals surface area contributed by atoms with Crippen LogP contribution in [0.5, 0.6) is 0 Å². The molecule has 0 N–H and O–H groups in total. The Balaban J connectivity index is 3.35. The smallest absolute Gasteiger partial charge is 0.0917 e. The fourth-order valence-electron chi connectivity index (χ4n) is 1.09. The van der Waals surface area contributed by atoms with Crippen molar-refractivity contribution in [3.63, 3.8) is 0 Å². The summed E-state index contributed by atoms with van der Waals surface area (Å²) >= 11 is 0. The maximum atomic E-state index is 2.30. The summed E-state index contributed by atoms with van der Waals surface area (Å²) in [6.07, 6.45) is 1.29. The standard InChI is InChI=1S/C7H16B/c1-5-7(8-4)6(2)3/h6-7H,5H2,1-4H3. The Hall–Kier alpha value is 0.0649. The van der Waals surface area contributed by atoms with Crippen LogP contribution in [-0.2, 0) is 0 Å². The Morgan fingerprint density at radius 1 is 1.38 bits per heavy atom. The summed E-state index contributed by atoms with van der Waals surface area (Å²) < 4.78 is 0. The zero-order valence-electron chi connectivity index (χ0n) is 6.44. The molecule has 1 heteroatoms. The van der Waals surface area contributed by atoms with Crippen molar-refractivity contribution in [2.75, 3.05) is 0 Å². The van der Waals surface area contributed by atoms with Gasteiger partial charge < -0.3 is 0 Å². The first-order valence-corrected chi connectivity index (χ1v) is 3.51. The van der Waals surface area contributed by atoms with E-state index in [2.05, 4.69) is 34.9 Å². The predicted molar refractivity (Wildman–Crippen MR) is 40.5 cm³/mol. The summed E-state index contributed by atoms with van der Waals surface area (Å²) in [4.78, 5) is 0. The number of hydrogen-bond donors (Lipinski definition) is 0. The van der Waals surface area contributed by atoms with Gasteiger partial charge in [-0.3, -0.25) is 0 Å². The Kier molecular flexibility index (Phi) is 4.03. The van der Waals surface area contributed by atoms with Crippen molar-refractivity contribution in [2.45, 2.75) is 39.8 Å². The minimum Gasteiger partial charge on any atom is -0.0917 e. The van der Waals surface area contributed by atoms with Crippen molar-refractivity contribution in [3.8, 4) is 0 Å². The molecule has 1 radical (unpaired) electrons. The van der Waals surface area contributed by atoms with Crippen LogP contribution < -0.4 is 0 Å². The topological polar surface area (TPSA) is 0 Å². The lowest BCUT2D eigenvalue weighted by molar-refractivity contribution is 0.570. The van der Waals surface area contributed by atoms with Crippen LogP contribution in [0.4, 0.5) is 0 Å². The summed E-state index contributed by atoms with van der Waals surface area (Å²) in [7, 11) is 2.30. The van der Waals surface area contributed by atoms with Crippen LogP contribution in [0.3, 0.4) is 0 Å². The molecule has 0 heterocycles. The highest BCUT2D eigenvalue weighted by Crippen LogP contribution is 2.19. The zero-order chi connectivity index (χ0) is 6.57. The second-order valence-electron chi connectivity index (χ2n) is 2.65. The molecule has 0 aromatic rings. The lowest BCUT2D eigenvalue weighted by Crippen LogP contribution is -2.05. The highest BCUT2D eigenvalue weighted by atomic mass is 14.0. The van der Waals surface area contributed by atoms with Crippen LogP contribution in [0.15, 0.2) is 0 Å². The van der Waals surface area contributed by atoms with Crippen molar-refractivity contribution in [2.24, 2.45) is 5.92 Å². The van der Waals surface area contributed by atoms with Crippen molar-refractivity contribution in [1.29, 1.82) is 0 Å². The van der Waals surface area contributed by atoms with E-state index in [1.54, 1.807) is 0 Å². The summed E-state index contributed by atoms with van der Waals surface area (Å²) in [6.45, 7) is 8.93. The number of hydrogen-bond acceptors (Lipinski definition) is 0.